The third-order valence-corrected chi connectivity index (χ3v) is 3.68. The second kappa shape index (κ2) is 9.23. The Bertz CT molecular complexity index is 883. The lowest BCUT2D eigenvalue weighted by atomic mass is 10.1. The average Bonchev–Trinajstić information content (AvgIpc) is 2.64. The summed E-state index contributed by atoms with van der Waals surface area (Å²) in [5.41, 5.74) is 4.08. The molecule has 0 aliphatic heterocycles. The SMILES string of the molecule is CC(Oc1ccc(Cl)cc1)C(=O)Nc1cc(C(F)(F)F)ccc1N=CN=CN. The maximum absolute atomic E-state index is 13.0. The van der Waals surface area contributed by atoms with Crippen LogP contribution < -0.4 is 15.8 Å². The van der Waals surface area contributed by atoms with E-state index in [2.05, 4.69) is 15.3 Å². The van der Waals surface area contributed by atoms with E-state index in [0.29, 0.717) is 10.8 Å². The number of rotatable bonds is 6. The van der Waals surface area contributed by atoms with Crippen LogP contribution in [0.3, 0.4) is 0 Å². The molecule has 0 aliphatic rings. The van der Waals surface area contributed by atoms with Crippen LogP contribution >= 0.6 is 11.6 Å². The van der Waals surface area contributed by atoms with Crippen molar-refractivity contribution in [2.75, 3.05) is 5.32 Å². The van der Waals surface area contributed by atoms with Gasteiger partial charge in [0.05, 0.1) is 23.3 Å². The van der Waals surface area contributed by atoms with E-state index in [9.17, 15) is 18.0 Å². The maximum Gasteiger partial charge on any atom is 0.416 e. The summed E-state index contributed by atoms with van der Waals surface area (Å²) in [6, 6.07) is 9.05. The first-order chi connectivity index (χ1) is 13.2. The molecule has 2 aromatic carbocycles. The minimum atomic E-state index is -4.58. The Morgan fingerprint density at radius 2 is 1.93 bits per heavy atom. The van der Waals surface area contributed by atoms with E-state index < -0.39 is 23.8 Å². The minimum absolute atomic E-state index is 0.0747. The van der Waals surface area contributed by atoms with Crippen molar-refractivity contribution >= 4 is 41.6 Å². The van der Waals surface area contributed by atoms with Crippen LogP contribution in [-0.4, -0.2) is 24.7 Å². The van der Waals surface area contributed by atoms with E-state index in [1.54, 1.807) is 24.3 Å². The van der Waals surface area contributed by atoms with Crippen LogP contribution in [0.4, 0.5) is 24.5 Å². The van der Waals surface area contributed by atoms with Gasteiger partial charge in [-0.05, 0) is 49.4 Å². The van der Waals surface area contributed by atoms with Gasteiger partial charge in [0.15, 0.2) is 6.10 Å². The fraction of sp³-hybridized carbons (Fsp3) is 0.167. The summed E-state index contributed by atoms with van der Waals surface area (Å²) in [4.78, 5) is 19.8. The van der Waals surface area contributed by atoms with E-state index in [1.165, 1.54) is 6.92 Å². The maximum atomic E-state index is 13.0. The number of carbonyl (C=O) groups excluding carboxylic acids is 1. The van der Waals surface area contributed by atoms with Crippen molar-refractivity contribution in [1.29, 1.82) is 0 Å². The standard InChI is InChI=1S/C18H16ClF3N4O2/c1-11(28-14-5-3-13(19)4-6-14)17(27)26-16-8-12(18(20,21)22)2-7-15(16)25-10-24-9-23/h2-11H,1H3,(H,26,27)(H2,23,24,25). The van der Waals surface area contributed by atoms with E-state index in [1.807, 2.05) is 0 Å². The van der Waals surface area contributed by atoms with Gasteiger partial charge in [-0.1, -0.05) is 11.6 Å². The molecule has 0 fully saturated rings. The third-order valence-electron chi connectivity index (χ3n) is 3.43. The predicted octanol–water partition coefficient (Wildman–Crippen LogP) is 4.41. The lowest BCUT2D eigenvalue weighted by Crippen LogP contribution is -2.30. The highest BCUT2D eigenvalue weighted by molar-refractivity contribution is 6.30. The van der Waals surface area contributed by atoms with E-state index in [4.69, 9.17) is 22.1 Å². The Balaban J connectivity index is 2.23. The Hall–Kier alpha value is -3.07. The molecule has 0 spiro atoms. The van der Waals surface area contributed by atoms with Gasteiger partial charge in [-0.25, -0.2) is 9.98 Å². The molecule has 10 heteroatoms. The Labute approximate surface area is 163 Å². The number of hydrogen-bond acceptors (Lipinski definition) is 3. The number of nitrogens with one attached hydrogen (secondary N) is 1. The number of halogens is 4. The highest BCUT2D eigenvalue weighted by Crippen LogP contribution is 2.35. The van der Waals surface area contributed by atoms with Crippen LogP contribution in [0.25, 0.3) is 0 Å². The summed E-state index contributed by atoms with van der Waals surface area (Å²) in [5.74, 6) is -0.278. The molecule has 0 aliphatic carbocycles. The highest BCUT2D eigenvalue weighted by Gasteiger charge is 2.31. The second-order valence-corrected chi connectivity index (χ2v) is 5.91. The smallest absolute Gasteiger partial charge is 0.416 e. The van der Waals surface area contributed by atoms with Crippen LogP contribution in [0.1, 0.15) is 12.5 Å². The first-order valence-electron chi connectivity index (χ1n) is 7.91. The Morgan fingerprint density at radius 3 is 2.54 bits per heavy atom. The molecule has 1 atom stereocenters. The molecule has 0 saturated carbocycles. The van der Waals surface area contributed by atoms with Crippen LogP contribution in [0.5, 0.6) is 5.75 Å². The number of ether oxygens (including phenoxy) is 1. The van der Waals surface area contributed by atoms with Crippen LogP contribution in [-0.2, 0) is 11.0 Å². The predicted molar refractivity (Wildman–Crippen MR) is 102 cm³/mol. The van der Waals surface area contributed by atoms with E-state index >= 15 is 0 Å². The minimum Gasteiger partial charge on any atom is -0.481 e. The fourth-order valence-corrected chi connectivity index (χ4v) is 2.19. The number of anilines is 1. The molecular formula is C18H16ClF3N4O2. The summed E-state index contributed by atoms with van der Waals surface area (Å²) in [7, 11) is 0. The van der Waals surface area contributed by atoms with Gasteiger partial charge in [-0.3, -0.25) is 4.79 Å². The largest absolute Gasteiger partial charge is 0.481 e. The third kappa shape index (κ3) is 5.98. The Kier molecular flexibility index (Phi) is 7.00. The van der Waals surface area contributed by atoms with Gasteiger partial charge in [-0.2, -0.15) is 13.2 Å². The molecule has 0 saturated heterocycles. The summed E-state index contributed by atoms with van der Waals surface area (Å²) in [6.07, 6.45) is -3.56. The van der Waals surface area contributed by atoms with Crippen molar-refractivity contribution in [3.05, 3.63) is 53.1 Å². The second-order valence-electron chi connectivity index (χ2n) is 5.48. The van der Waals surface area contributed by atoms with Crippen molar-refractivity contribution in [2.24, 2.45) is 15.7 Å². The molecule has 1 amide bonds. The monoisotopic (exact) mass is 412 g/mol. The van der Waals surface area contributed by atoms with Crippen molar-refractivity contribution in [3.63, 3.8) is 0 Å². The number of nitrogens with zero attached hydrogens (tertiary/aromatic N) is 2. The summed E-state index contributed by atoms with van der Waals surface area (Å²) < 4.78 is 44.5. The zero-order chi connectivity index (χ0) is 20.7. The van der Waals surface area contributed by atoms with Gasteiger partial charge in [-0.15, -0.1) is 0 Å². The molecule has 28 heavy (non-hydrogen) atoms. The summed E-state index contributed by atoms with van der Waals surface area (Å²) in [5, 5.41) is 2.89. The van der Waals surface area contributed by atoms with Gasteiger partial charge >= 0.3 is 6.18 Å². The number of hydrogen-bond donors (Lipinski definition) is 2. The highest BCUT2D eigenvalue weighted by atomic mass is 35.5. The number of aliphatic imine (C=N–C) groups is 2. The number of nitrogens with two attached hydrogens (primary N) is 1. The molecule has 2 aromatic rings. The fourth-order valence-electron chi connectivity index (χ4n) is 2.06. The molecule has 0 heterocycles. The Morgan fingerprint density at radius 1 is 1.25 bits per heavy atom. The quantitative estimate of drug-likeness (QED) is 0.544. The van der Waals surface area contributed by atoms with Gasteiger partial charge < -0.3 is 15.8 Å². The molecule has 2 rings (SSSR count). The molecule has 0 bridgehead atoms. The van der Waals surface area contributed by atoms with Crippen LogP contribution in [0.15, 0.2) is 52.4 Å². The van der Waals surface area contributed by atoms with Gasteiger partial charge in [0.2, 0.25) is 0 Å². The number of alkyl halides is 3. The van der Waals surface area contributed by atoms with Crippen molar-refractivity contribution < 1.29 is 22.7 Å². The van der Waals surface area contributed by atoms with Crippen molar-refractivity contribution in [1.82, 2.24) is 0 Å². The van der Waals surface area contributed by atoms with Crippen molar-refractivity contribution in [2.45, 2.75) is 19.2 Å². The van der Waals surface area contributed by atoms with Crippen LogP contribution in [0, 0.1) is 0 Å². The first-order valence-corrected chi connectivity index (χ1v) is 8.28. The first kappa shape index (κ1) is 21.2. The lowest BCUT2D eigenvalue weighted by Gasteiger charge is -2.17. The zero-order valence-corrected chi connectivity index (χ0v) is 15.3. The van der Waals surface area contributed by atoms with Crippen LogP contribution in [0.2, 0.25) is 5.02 Å². The number of benzene rings is 2. The zero-order valence-electron chi connectivity index (χ0n) is 14.6. The van der Waals surface area contributed by atoms with Gasteiger partial charge in [0.1, 0.15) is 12.1 Å². The molecule has 0 radical (unpaired) electrons. The topological polar surface area (TPSA) is 89.1 Å². The molecule has 6 nitrogen and oxygen atoms in total. The molecule has 1 unspecified atom stereocenters. The van der Waals surface area contributed by atoms with E-state index in [-0.39, 0.29) is 11.4 Å². The number of carbonyl (C=O) groups is 1. The van der Waals surface area contributed by atoms with Gasteiger partial charge in [0.25, 0.3) is 5.91 Å². The average molecular weight is 413 g/mol. The summed E-state index contributed by atoms with van der Waals surface area (Å²) in [6.45, 7) is 1.46. The molecule has 0 aromatic heterocycles. The normalized spacial score (nSPS) is 13.0. The lowest BCUT2D eigenvalue weighted by molar-refractivity contribution is -0.137. The van der Waals surface area contributed by atoms with Crippen molar-refractivity contribution in [3.8, 4) is 5.75 Å². The molecule has 3 N–H and O–H groups in total. The molecule has 148 valence electrons. The number of amides is 1. The van der Waals surface area contributed by atoms with E-state index in [0.717, 1.165) is 30.9 Å². The molecular weight excluding hydrogens is 397 g/mol. The summed E-state index contributed by atoms with van der Waals surface area (Å²) >= 11 is 5.78. The van der Waals surface area contributed by atoms with Gasteiger partial charge in [0, 0.05) is 5.02 Å².